The van der Waals surface area contributed by atoms with E-state index in [1.807, 2.05) is 24.3 Å². The highest BCUT2D eigenvalue weighted by atomic mass is 32.2. The van der Waals surface area contributed by atoms with Gasteiger partial charge in [-0.1, -0.05) is 24.3 Å². The molecular formula is C22H27N3O4S. The van der Waals surface area contributed by atoms with Crippen molar-refractivity contribution in [2.45, 2.75) is 26.3 Å². The maximum absolute atomic E-state index is 12.4. The van der Waals surface area contributed by atoms with E-state index < -0.39 is 15.9 Å². The van der Waals surface area contributed by atoms with Gasteiger partial charge in [-0.3, -0.25) is 13.9 Å². The van der Waals surface area contributed by atoms with E-state index in [-0.39, 0.29) is 18.0 Å². The minimum atomic E-state index is -3.70. The molecule has 0 saturated carbocycles. The first-order valence-electron chi connectivity index (χ1n) is 9.93. The number of amides is 1. The number of hydrogen-bond acceptors (Lipinski definition) is 5. The van der Waals surface area contributed by atoms with E-state index in [1.54, 1.807) is 18.2 Å². The molecule has 1 aliphatic rings. The SMILES string of the molecule is CC(=O)c1cccc(N(CC(=O)NCc2ccc(N3CCCC3)cc2)S(C)(=O)=O)c1. The molecule has 2 aromatic carbocycles. The molecule has 1 saturated heterocycles. The van der Waals surface area contributed by atoms with E-state index in [2.05, 4.69) is 10.2 Å². The zero-order valence-corrected chi connectivity index (χ0v) is 18.1. The third-order valence-electron chi connectivity index (χ3n) is 5.13. The summed E-state index contributed by atoms with van der Waals surface area (Å²) >= 11 is 0. The molecule has 8 heteroatoms. The minimum Gasteiger partial charge on any atom is -0.372 e. The van der Waals surface area contributed by atoms with E-state index in [0.29, 0.717) is 12.1 Å². The fourth-order valence-electron chi connectivity index (χ4n) is 3.47. The lowest BCUT2D eigenvalue weighted by Crippen LogP contribution is -2.40. The Balaban J connectivity index is 1.63. The number of Topliss-reactive ketones (excluding diaryl/α,β-unsaturated/α-hetero) is 1. The van der Waals surface area contributed by atoms with Crippen molar-refractivity contribution in [3.63, 3.8) is 0 Å². The van der Waals surface area contributed by atoms with Crippen molar-refractivity contribution < 1.29 is 18.0 Å². The third kappa shape index (κ3) is 5.60. The summed E-state index contributed by atoms with van der Waals surface area (Å²) in [4.78, 5) is 26.4. The summed E-state index contributed by atoms with van der Waals surface area (Å²) in [5, 5.41) is 2.77. The molecule has 1 amide bonds. The molecule has 30 heavy (non-hydrogen) atoms. The van der Waals surface area contributed by atoms with Crippen molar-refractivity contribution in [1.82, 2.24) is 5.32 Å². The zero-order valence-electron chi connectivity index (χ0n) is 17.3. The lowest BCUT2D eigenvalue weighted by molar-refractivity contribution is -0.119. The van der Waals surface area contributed by atoms with Crippen LogP contribution in [0.25, 0.3) is 0 Å². The molecule has 1 aliphatic heterocycles. The summed E-state index contributed by atoms with van der Waals surface area (Å²) in [5.74, 6) is -0.593. The zero-order chi connectivity index (χ0) is 21.7. The van der Waals surface area contributed by atoms with Gasteiger partial charge in [0.25, 0.3) is 0 Å². The average Bonchev–Trinajstić information content (AvgIpc) is 3.25. The van der Waals surface area contributed by atoms with Crippen LogP contribution in [0.3, 0.4) is 0 Å². The Morgan fingerprint density at radius 1 is 1.07 bits per heavy atom. The van der Waals surface area contributed by atoms with Gasteiger partial charge in [-0.05, 0) is 49.6 Å². The van der Waals surface area contributed by atoms with E-state index in [9.17, 15) is 18.0 Å². The number of nitrogens with zero attached hydrogens (tertiary/aromatic N) is 2. The van der Waals surface area contributed by atoms with E-state index in [0.717, 1.165) is 29.2 Å². The van der Waals surface area contributed by atoms with Crippen molar-refractivity contribution in [2.75, 3.05) is 35.1 Å². The first-order valence-corrected chi connectivity index (χ1v) is 11.8. The number of anilines is 2. The summed E-state index contributed by atoms with van der Waals surface area (Å²) in [7, 11) is -3.70. The van der Waals surface area contributed by atoms with Gasteiger partial charge in [0.15, 0.2) is 5.78 Å². The number of carbonyl (C=O) groups is 2. The van der Waals surface area contributed by atoms with Gasteiger partial charge in [0.05, 0.1) is 11.9 Å². The predicted molar refractivity (Wildman–Crippen MR) is 118 cm³/mol. The summed E-state index contributed by atoms with van der Waals surface area (Å²) in [6.45, 7) is 3.51. The van der Waals surface area contributed by atoms with Gasteiger partial charge in [-0.2, -0.15) is 0 Å². The number of hydrogen-bond donors (Lipinski definition) is 1. The number of sulfonamides is 1. The van der Waals surface area contributed by atoms with Crippen molar-refractivity contribution in [3.05, 3.63) is 59.7 Å². The van der Waals surface area contributed by atoms with Gasteiger partial charge >= 0.3 is 0 Å². The Labute approximate surface area is 177 Å². The highest BCUT2D eigenvalue weighted by molar-refractivity contribution is 7.92. The van der Waals surface area contributed by atoms with Gasteiger partial charge in [0, 0.05) is 30.9 Å². The molecule has 0 radical (unpaired) electrons. The van der Waals surface area contributed by atoms with Crippen LogP contribution in [0, 0.1) is 0 Å². The first-order chi connectivity index (χ1) is 14.2. The maximum Gasteiger partial charge on any atom is 0.241 e. The normalized spacial score (nSPS) is 13.9. The second-order valence-corrected chi connectivity index (χ2v) is 9.42. The molecule has 0 bridgehead atoms. The molecule has 0 atom stereocenters. The van der Waals surface area contributed by atoms with Crippen LogP contribution in [0.2, 0.25) is 0 Å². The highest BCUT2D eigenvalue weighted by Gasteiger charge is 2.21. The second-order valence-electron chi connectivity index (χ2n) is 7.51. The van der Waals surface area contributed by atoms with Crippen LogP contribution < -0.4 is 14.5 Å². The Kier molecular flexibility index (Phi) is 6.77. The monoisotopic (exact) mass is 429 g/mol. The van der Waals surface area contributed by atoms with Crippen LogP contribution in [0.1, 0.15) is 35.7 Å². The summed E-state index contributed by atoms with van der Waals surface area (Å²) in [6.07, 6.45) is 3.46. The molecule has 1 fully saturated rings. The lowest BCUT2D eigenvalue weighted by Gasteiger charge is -2.22. The van der Waals surface area contributed by atoms with Gasteiger partial charge in [0.2, 0.25) is 15.9 Å². The smallest absolute Gasteiger partial charge is 0.241 e. The Morgan fingerprint density at radius 3 is 2.33 bits per heavy atom. The molecule has 1 N–H and O–H groups in total. The van der Waals surface area contributed by atoms with Gasteiger partial charge in [0.1, 0.15) is 6.54 Å². The Hall–Kier alpha value is -2.87. The molecule has 0 aromatic heterocycles. The molecule has 1 heterocycles. The minimum absolute atomic E-state index is 0.174. The van der Waals surface area contributed by atoms with E-state index >= 15 is 0 Å². The highest BCUT2D eigenvalue weighted by Crippen LogP contribution is 2.21. The molecule has 2 aromatic rings. The van der Waals surface area contributed by atoms with Crippen LogP contribution in [0.15, 0.2) is 48.5 Å². The molecule has 7 nitrogen and oxygen atoms in total. The molecule has 0 aliphatic carbocycles. The fourth-order valence-corrected chi connectivity index (χ4v) is 4.32. The Bertz CT molecular complexity index is 1010. The van der Waals surface area contributed by atoms with Gasteiger partial charge in [-0.25, -0.2) is 8.42 Å². The Morgan fingerprint density at radius 2 is 1.73 bits per heavy atom. The fraction of sp³-hybridized carbons (Fsp3) is 0.364. The number of rotatable bonds is 8. The van der Waals surface area contributed by atoms with Crippen LogP contribution in [-0.4, -0.2) is 46.0 Å². The van der Waals surface area contributed by atoms with E-state index in [4.69, 9.17) is 0 Å². The summed E-state index contributed by atoms with van der Waals surface area (Å²) in [6, 6.07) is 14.3. The maximum atomic E-state index is 12.4. The predicted octanol–water partition coefficient (Wildman–Crippen LogP) is 2.57. The van der Waals surface area contributed by atoms with Crippen LogP contribution in [0.4, 0.5) is 11.4 Å². The molecule has 0 unspecified atom stereocenters. The third-order valence-corrected chi connectivity index (χ3v) is 6.27. The van der Waals surface area contributed by atoms with Crippen LogP contribution in [0.5, 0.6) is 0 Å². The molecular weight excluding hydrogens is 402 g/mol. The number of nitrogens with one attached hydrogen (secondary N) is 1. The van der Waals surface area contributed by atoms with Crippen molar-refractivity contribution >= 4 is 33.1 Å². The topological polar surface area (TPSA) is 86.8 Å². The van der Waals surface area contributed by atoms with Gasteiger partial charge < -0.3 is 10.2 Å². The van der Waals surface area contributed by atoms with Gasteiger partial charge in [-0.15, -0.1) is 0 Å². The number of carbonyl (C=O) groups excluding carboxylic acids is 2. The molecule has 0 spiro atoms. The van der Waals surface area contributed by atoms with Crippen LogP contribution in [-0.2, 0) is 21.4 Å². The lowest BCUT2D eigenvalue weighted by atomic mass is 10.1. The van der Waals surface area contributed by atoms with Crippen LogP contribution >= 0.6 is 0 Å². The van der Waals surface area contributed by atoms with Crippen molar-refractivity contribution in [3.8, 4) is 0 Å². The number of benzene rings is 2. The molecule has 160 valence electrons. The summed E-state index contributed by atoms with van der Waals surface area (Å²) in [5.41, 5.74) is 2.79. The quantitative estimate of drug-likeness (QED) is 0.652. The first kappa shape index (κ1) is 21.8. The second kappa shape index (κ2) is 9.30. The summed E-state index contributed by atoms with van der Waals surface area (Å²) < 4.78 is 25.5. The van der Waals surface area contributed by atoms with E-state index in [1.165, 1.54) is 31.5 Å². The average molecular weight is 430 g/mol. The van der Waals surface area contributed by atoms with Crippen molar-refractivity contribution in [2.24, 2.45) is 0 Å². The van der Waals surface area contributed by atoms with Crippen molar-refractivity contribution in [1.29, 1.82) is 0 Å². The molecule has 3 rings (SSSR count). The largest absolute Gasteiger partial charge is 0.372 e. The standard InChI is InChI=1S/C22H27N3O4S/c1-17(26)19-6-5-7-21(14-19)25(30(2,28)29)16-22(27)23-15-18-8-10-20(11-9-18)24-12-3-4-13-24/h5-11,14H,3-4,12-13,15-16H2,1-2H3,(H,23,27). The number of ketones is 1.